The molecule has 11 nitrogen and oxygen atoms in total. The van der Waals surface area contributed by atoms with Gasteiger partial charge in [0.25, 0.3) is 0 Å². The van der Waals surface area contributed by atoms with Crippen molar-refractivity contribution < 1.29 is 33.9 Å². The second-order valence-electron chi connectivity index (χ2n) is 14.0. The van der Waals surface area contributed by atoms with Crippen molar-refractivity contribution in [1.82, 2.24) is 15.5 Å². The van der Waals surface area contributed by atoms with Crippen LogP contribution < -0.4 is 10.6 Å². The minimum absolute atomic E-state index is 0.0530. The van der Waals surface area contributed by atoms with Crippen LogP contribution in [0.2, 0.25) is 0 Å². The predicted molar refractivity (Wildman–Crippen MR) is 167 cm³/mol. The summed E-state index contributed by atoms with van der Waals surface area (Å²) in [6.07, 6.45) is 7.27. The number of rotatable bonds is 10. The summed E-state index contributed by atoms with van der Waals surface area (Å²) in [5.74, 6) is -2.42. The number of hydrogen-bond acceptors (Lipinski definition) is 7. The van der Waals surface area contributed by atoms with Gasteiger partial charge in [0.15, 0.2) is 0 Å². The molecular weight excluding hydrogens is 576 g/mol. The number of likely N-dealkylation sites (tertiary alicyclic amines) is 1. The smallest absolute Gasteiger partial charge is 0.408 e. The molecule has 2 saturated carbocycles. The molecule has 0 radical (unpaired) electrons. The highest BCUT2D eigenvalue weighted by molar-refractivity contribution is 6.02. The second kappa shape index (κ2) is 13.2. The van der Waals surface area contributed by atoms with Gasteiger partial charge in [-0.05, 0) is 74.7 Å². The molecule has 4 aliphatic rings. The maximum absolute atomic E-state index is 14.2. The Morgan fingerprint density at radius 1 is 1.13 bits per heavy atom. The van der Waals surface area contributed by atoms with Crippen molar-refractivity contribution in [2.24, 2.45) is 16.5 Å². The molecule has 3 fully saturated rings. The predicted octanol–water partition coefficient (Wildman–Crippen LogP) is 4.33. The first-order chi connectivity index (χ1) is 21.4. The van der Waals surface area contributed by atoms with E-state index in [1.165, 1.54) is 10.5 Å². The molecule has 5 rings (SSSR count). The van der Waals surface area contributed by atoms with Gasteiger partial charge >= 0.3 is 12.1 Å². The number of aryl methyl sites for hydroxylation is 1. The number of nitrogens with zero attached hydrogens (tertiary/aromatic N) is 2. The highest BCUT2D eigenvalue weighted by atomic mass is 16.6. The number of oxime groups is 1. The molecule has 11 heteroatoms. The van der Waals surface area contributed by atoms with E-state index in [1.54, 1.807) is 6.08 Å². The van der Waals surface area contributed by atoms with E-state index in [4.69, 9.17) is 9.57 Å². The molecule has 45 heavy (non-hydrogen) atoms. The fourth-order valence-electron chi connectivity index (χ4n) is 6.91. The zero-order chi connectivity index (χ0) is 32.4. The van der Waals surface area contributed by atoms with E-state index in [2.05, 4.69) is 28.4 Å². The zero-order valence-corrected chi connectivity index (χ0v) is 26.5. The van der Waals surface area contributed by atoms with Crippen LogP contribution in [0.25, 0.3) is 0 Å². The fourth-order valence-corrected chi connectivity index (χ4v) is 6.91. The molecule has 3 amide bonds. The number of fused-ring (bicyclic) bond motifs is 1. The van der Waals surface area contributed by atoms with Crippen LogP contribution in [-0.2, 0) is 30.4 Å². The third-order valence-electron chi connectivity index (χ3n) is 9.58. The van der Waals surface area contributed by atoms with E-state index in [0.717, 1.165) is 56.2 Å². The number of ether oxygens (including phenoxy) is 1. The van der Waals surface area contributed by atoms with E-state index >= 15 is 0 Å². The maximum atomic E-state index is 14.2. The van der Waals surface area contributed by atoms with Crippen LogP contribution in [0.15, 0.2) is 42.1 Å². The summed E-state index contributed by atoms with van der Waals surface area (Å²) >= 11 is 0. The van der Waals surface area contributed by atoms with Crippen LogP contribution in [0.3, 0.4) is 0 Å². The molecule has 0 bridgehead atoms. The third-order valence-corrected chi connectivity index (χ3v) is 9.58. The Morgan fingerprint density at radius 3 is 2.56 bits per heavy atom. The van der Waals surface area contributed by atoms with E-state index < -0.39 is 53.0 Å². The molecule has 1 saturated heterocycles. The van der Waals surface area contributed by atoms with Gasteiger partial charge < -0.3 is 30.2 Å². The molecular formula is C34H46N4O7. The lowest BCUT2D eigenvalue weighted by Gasteiger charge is -2.35. The van der Waals surface area contributed by atoms with Gasteiger partial charge in [0.2, 0.25) is 11.8 Å². The molecule has 1 aliphatic heterocycles. The third kappa shape index (κ3) is 7.17. The summed E-state index contributed by atoms with van der Waals surface area (Å²) in [4.78, 5) is 60.6. The number of carbonyl (C=O) groups excluding carboxylic acids is 3. The number of alkyl carbamates (subject to hydrolysis) is 1. The molecule has 1 heterocycles. The van der Waals surface area contributed by atoms with E-state index in [0.29, 0.717) is 6.42 Å². The number of hydrogen-bond donors (Lipinski definition) is 3. The standard InChI is InChI=1S/C34H46N4O7/c1-5-11-22-19-34(22,31(41)42)36-29(39)27-18-24(45-37-26-17-10-13-21-12-6-9-16-25(21)26)20-38(27)30(40)28(33(2,3)4)35-32(43)44-23-14-7-8-15-23/h5-6,9,12,16,22-24,27-28H,1,7-8,10-11,13-15,17-20H2,2-4H3,(H,35,43)(H,36,39)(H,41,42)/b37-26+/t22-,24-,27+,28-,34-/m1/s1. The quantitative estimate of drug-likeness (QED) is 0.260. The minimum atomic E-state index is -1.41. The molecule has 0 spiro atoms. The van der Waals surface area contributed by atoms with E-state index in [-0.39, 0.29) is 31.4 Å². The molecule has 1 aromatic rings. The summed E-state index contributed by atoms with van der Waals surface area (Å²) in [5.41, 5.74) is 0.935. The average molecular weight is 623 g/mol. The number of benzene rings is 1. The molecule has 1 aromatic carbocycles. The van der Waals surface area contributed by atoms with E-state index in [9.17, 15) is 24.3 Å². The Bertz CT molecular complexity index is 1350. The van der Waals surface area contributed by atoms with Gasteiger partial charge in [0.05, 0.1) is 12.3 Å². The molecule has 0 unspecified atom stereocenters. The van der Waals surface area contributed by atoms with Crippen molar-refractivity contribution in [2.75, 3.05) is 6.54 Å². The lowest BCUT2D eigenvalue weighted by molar-refractivity contribution is -0.146. The number of carboxylic acid groups (broad SMARTS) is 1. The van der Waals surface area contributed by atoms with Crippen LogP contribution in [0.4, 0.5) is 4.79 Å². The highest BCUT2D eigenvalue weighted by Crippen LogP contribution is 2.46. The summed E-state index contributed by atoms with van der Waals surface area (Å²) in [7, 11) is 0. The SMILES string of the molecule is C=CC[C@@H]1C[C@]1(NC(=O)[C@@H]1C[C@@H](O/N=C2\CCCc3ccccc32)CN1C(=O)[C@@H](NC(=O)OC1CCCC1)C(C)(C)C)C(=O)O. The molecule has 244 valence electrons. The monoisotopic (exact) mass is 622 g/mol. The molecule has 0 aromatic heterocycles. The van der Waals surface area contributed by atoms with Gasteiger partial charge in [0.1, 0.15) is 29.8 Å². The minimum Gasteiger partial charge on any atom is -0.479 e. The van der Waals surface area contributed by atoms with Crippen molar-refractivity contribution in [1.29, 1.82) is 0 Å². The Hall–Kier alpha value is -3.89. The normalized spacial score (nSPS) is 27.8. The van der Waals surface area contributed by atoms with Crippen molar-refractivity contribution in [2.45, 2.75) is 115 Å². The maximum Gasteiger partial charge on any atom is 0.408 e. The second-order valence-corrected chi connectivity index (χ2v) is 14.0. The fraction of sp³-hybridized carbons (Fsp3) is 0.618. The van der Waals surface area contributed by atoms with E-state index in [1.807, 2.05) is 39.0 Å². The van der Waals surface area contributed by atoms with Crippen LogP contribution in [0.5, 0.6) is 0 Å². The summed E-state index contributed by atoms with van der Waals surface area (Å²) < 4.78 is 5.60. The number of allylic oxidation sites excluding steroid dienone is 1. The number of carboxylic acids is 1. The summed E-state index contributed by atoms with van der Waals surface area (Å²) in [5, 5.41) is 20.0. The lowest BCUT2D eigenvalue weighted by atomic mass is 9.85. The van der Waals surface area contributed by atoms with Gasteiger partial charge in [-0.2, -0.15) is 0 Å². The summed E-state index contributed by atoms with van der Waals surface area (Å²) in [6.45, 7) is 9.26. The number of amides is 3. The Kier molecular flexibility index (Phi) is 9.55. The lowest BCUT2D eigenvalue weighted by Crippen LogP contribution is -2.59. The van der Waals surface area contributed by atoms with Crippen molar-refractivity contribution in [3.8, 4) is 0 Å². The highest BCUT2D eigenvalue weighted by Gasteiger charge is 2.62. The van der Waals surface area contributed by atoms with Crippen LogP contribution in [0.1, 0.15) is 89.7 Å². The molecule has 3 N–H and O–H groups in total. The van der Waals surface area contributed by atoms with Crippen LogP contribution in [-0.4, -0.2) is 76.0 Å². The first-order valence-electron chi connectivity index (χ1n) is 16.2. The Labute approximate surface area is 264 Å². The van der Waals surface area contributed by atoms with Crippen LogP contribution >= 0.6 is 0 Å². The van der Waals surface area contributed by atoms with Crippen molar-refractivity contribution >= 4 is 29.6 Å². The molecule has 3 aliphatic carbocycles. The van der Waals surface area contributed by atoms with Crippen LogP contribution in [0, 0.1) is 11.3 Å². The first-order valence-corrected chi connectivity index (χ1v) is 16.2. The van der Waals surface area contributed by atoms with Gasteiger partial charge in [-0.3, -0.25) is 9.59 Å². The largest absolute Gasteiger partial charge is 0.479 e. The van der Waals surface area contributed by atoms with Crippen molar-refractivity contribution in [3.05, 3.63) is 48.0 Å². The van der Waals surface area contributed by atoms with Gasteiger partial charge in [0, 0.05) is 12.0 Å². The Morgan fingerprint density at radius 2 is 1.87 bits per heavy atom. The van der Waals surface area contributed by atoms with Crippen molar-refractivity contribution in [3.63, 3.8) is 0 Å². The zero-order valence-electron chi connectivity index (χ0n) is 26.5. The topological polar surface area (TPSA) is 147 Å². The Balaban J connectivity index is 1.37. The average Bonchev–Trinajstić information content (AvgIpc) is 3.30. The number of nitrogens with one attached hydrogen (secondary N) is 2. The summed E-state index contributed by atoms with van der Waals surface area (Å²) in [6, 6.07) is 6.04. The van der Waals surface area contributed by atoms with Gasteiger partial charge in [-0.25, -0.2) is 9.59 Å². The number of aliphatic carboxylic acids is 1. The first kappa shape index (κ1) is 32.5. The molecule has 5 atom stereocenters. The van der Waals surface area contributed by atoms with Gasteiger partial charge in [-0.1, -0.05) is 56.3 Å². The number of carbonyl (C=O) groups is 4. The van der Waals surface area contributed by atoms with Gasteiger partial charge in [-0.15, -0.1) is 6.58 Å².